The summed E-state index contributed by atoms with van der Waals surface area (Å²) >= 11 is 5.11. The zero-order valence-electron chi connectivity index (χ0n) is 13.6. The molecule has 4 unspecified atom stereocenters. The highest BCUT2D eigenvalue weighted by molar-refractivity contribution is 7.71. The second kappa shape index (κ2) is 8.15. The van der Waals surface area contributed by atoms with Crippen molar-refractivity contribution in [2.45, 2.75) is 44.9 Å². The van der Waals surface area contributed by atoms with Gasteiger partial charge in [-0.05, 0) is 26.1 Å². The maximum atomic E-state index is 12.0. The van der Waals surface area contributed by atoms with Gasteiger partial charge in [-0.1, -0.05) is 11.6 Å². The SMILES string of the molecule is CC(C)=CCNCc1cn(C2OC(CO)C(O)C2O)c(=S)[nH]c1=O. The van der Waals surface area contributed by atoms with E-state index in [1.54, 1.807) is 0 Å². The van der Waals surface area contributed by atoms with Crippen LogP contribution >= 0.6 is 12.2 Å². The summed E-state index contributed by atoms with van der Waals surface area (Å²) in [6.07, 6.45) is -0.873. The van der Waals surface area contributed by atoms with E-state index in [9.17, 15) is 20.1 Å². The van der Waals surface area contributed by atoms with Gasteiger partial charge in [-0.2, -0.15) is 0 Å². The highest BCUT2D eigenvalue weighted by Crippen LogP contribution is 2.29. The molecule has 134 valence electrons. The fourth-order valence-electron chi connectivity index (χ4n) is 2.44. The lowest BCUT2D eigenvalue weighted by Crippen LogP contribution is -2.34. The molecule has 0 amide bonds. The molecule has 1 aromatic rings. The fourth-order valence-corrected chi connectivity index (χ4v) is 2.68. The number of aromatic nitrogens is 2. The van der Waals surface area contributed by atoms with E-state index < -0.39 is 31.1 Å². The number of rotatable bonds is 6. The maximum Gasteiger partial charge on any atom is 0.256 e. The van der Waals surface area contributed by atoms with Gasteiger partial charge < -0.3 is 25.4 Å². The number of nitrogens with one attached hydrogen (secondary N) is 2. The molecule has 0 radical (unpaired) electrons. The van der Waals surface area contributed by atoms with Crippen LogP contribution in [0.5, 0.6) is 0 Å². The number of aliphatic hydroxyl groups is 3. The third-order valence-corrected chi connectivity index (χ3v) is 4.12. The summed E-state index contributed by atoms with van der Waals surface area (Å²) in [7, 11) is 0. The zero-order chi connectivity index (χ0) is 17.9. The summed E-state index contributed by atoms with van der Waals surface area (Å²) in [4.78, 5) is 14.6. The van der Waals surface area contributed by atoms with Crippen LogP contribution in [-0.2, 0) is 11.3 Å². The molecule has 1 fully saturated rings. The van der Waals surface area contributed by atoms with Gasteiger partial charge >= 0.3 is 0 Å². The molecule has 5 N–H and O–H groups in total. The summed E-state index contributed by atoms with van der Waals surface area (Å²) < 4.78 is 6.91. The van der Waals surface area contributed by atoms with Crippen molar-refractivity contribution in [1.29, 1.82) is 0 Å². The zero-order valence-corrected chi connectivity index (χ0v) is 14.4. The molecule has 0 bridgehead atoms. The van der Waals surface area contributed by atoms with E-state index in [0.29, 0.717) is 18.7 Å². The van der Waals surface area contributed by atoms with Crippen LogP contribution in [0.25, 0.3) is 0 Å². The standard InChI is InChI=1S/C15H23N3O5S/c1-8(2)3-4-16-5-9-6-18(15(24)17-13(9)22)14-12(21)11(20)10(7-19)23-14/h3,6,10-12,14,16,19-21H,4-5,7H2,1-2H3,(H,17,22,24). The summed E-state index contributed by atoms with van der Waals surface area (Å²) in [5.41, 5.74) is 1.26. The molecule has 1 saturated heterocycles. The lowest BCUT2D eigenvalue weighted by atomic mass is 10.1. The van der Waals surface area contributed by atoms with Crippen LogP contribution in [0.3, 0.4) is 0 Å². The van der Waals surface area contributed by atoms with Gasteiger partial charge in [-0.15, -0.1) is 0 Å². The second-order valence-electron chi connectivity index (χ2n) is 5.96. The van der Waals surface area contributed by atoms with Crippen molar-refractivity contribution in [3.8, 4) is 0 Å². The number of aliphatic hydroxyl groups excluding tert-OH is 3. The van der Waals surface area contributed by atoms with Gasteiger partial charge in [-0.3, -0.25) is 14.3 Å². The monoisotopic (exact) mass is 357 g/mol. The summed E-state index contributed by atoms with van der Waals surface area (Å²) in [5.74, 6) is 0. The van der Waals surface area contributed by atoms with E-state index in [1.807, 2.05) is 19.9 Å². The van der Waals surface area contributed by atoms with Crippen molar-refractivity contribution in [3.05, 3.63) is 38.5 Å². The Balaban J connectivity index is 2.22. The van der Waals surface area contributed by atoms with E-state index >= 15 is 0 Å². The van der Waals surface area contributed by atoms with Gasteiger partial charge in [0.15, 0.2) is 11.0 Å². The molecule has 4 atom stereocenters. The number of nitrogens with zero attached hydrogens (tertiary/aromatic N) is 1. The molecule has 8 nitrogen and oxygen atoms in total. The Morgan fingerprint density at radius 2 is 2.17 bits per heavy atom. The molecule has 2 heterocycles. The Morgan fingerprint density at radius 1 is 1.46 bits per heavy atom. The molecular weight excluding hydrogens is 334 g/mol. The first-order chi connectivity index (χ1) is 11.3. The van der Waals surface area contributed by atoms with Crippen LogP contribution < -0.4 is 10.9 Å². The third kappa shape index (κ3) is 4.18. The first kappa shape index (κ1) is 19.0. The molecular formula is C15H23N3O5S. The van der Waals surface area contributed by atoms with Crippen molar-refractivity contribution in [2.24, 2.45) is 0 Å². The molecule has 24 heavy (non-hydrogen) atoms. The molecule has 1 aromatic heterocycles. The molecule has 2 rings (SSSR count). The Kier molecular flexibility index (Phi) is 6.44. The molecule has 0 saturated carbocycles. The van der Waals surface area contributed by atoms with Crippen molar-refractivity contribution < 1.29 is 20.1 Å². The first-order valence-electron chi connectivity index (χ1n) is 7.66. The lowest BCUT2D eigenvalue weighted by Gasteiger charge is -2.19. The predicted molar refractivity (Wildman–Crippen MR) is 90.0 cm³/mol. The van der Waals surface area contributed by atoms with Crippen LogP contribution in [0.15, 0.2) is 22.6 Å². The first-order valence-corrected chi connectivity index (χ1v) is 8.07. The minimum absolute atomic E-state index is 0.0721. The largest absolute Gasteiger partial charge is 0.394 e. The Morgan fingerprint density at radius 3 is 2.75 bits per heavy atom. The highest BCUT2D eigenvalue weighted by atomic mass is 32.1. The van der Waals surface area contributed by atoms with Gasteiger partial charge in [0, 0.05) is 24.8 Å². The smallest absolute Gasteiger partial charge is 0.256 e. The minimum atomic E-state index is -1.26. The Bertz CT molecular complexity index is 710. The summed E-state index contributed by atoms with van der Waals surface area (Å²) in [6, 6.07) is 0. The van der Waals surface area contributed by atoms with Crippen LogP contribution in [0.2, 0.25) is 0 Å². The summed E-state index contributed by atoms with van der Waals surface area (Å²) in [5, 5.41) is 32.2. The van der Waals surface area contributed by atoms with Gasteiger partial charge in [0.05, 0.1) is 6.61 Å². The van der Waals surface area contributed by atoms with Gasteiger partial charge in [0.2, 0.25) is 0 Å². The average Bonchev–Trinajstić information content (AvgIpc) is 2.81. The number of allylic oxidation sites excluding steroid dienone is 1. The minimum Gasteiger partial charge on any atom is -0.394 e. The fraction of sp³-hybridized carbons (Fsp3) is 0.600. The van der Waals surface area contributed by atoms with Crippen molar-refractivity contribution in [2.75, 3.05) is 13.2 Å². The van der Waals surface area contributed by atoms with Gasteiger partial charge in [0.1, 0.15) is 18.3 Å². The topological polar surface area (TPSA) is 120 Å². The summed E-state index contributed by atoms with van der Waals surface area (Å²) in [6.45, 7) is 4.46. The van der Waals surface area contributed by atoms with Crippen LogP contribution in [0.4, 0.5) is 0 Å². The number of hydrogen-bond acceptors (Lipinski definition) is 7. The number of hydrogen-bond donors (Lipinski definition) is 5. The van der Waals surface area contributed by atoms with E-state index in [4.69, 9.17) is 17.0 Å². The van der Waals surface area contributed by atoms with E-state index in [0.717, 1.165) is 0 Å². The Hall–Kier alpha value is -1.36. The van der Waals surface area contributed by atoms with Crippen LogP contribution in [0.1, 0.15) is 25.6 Å². The van der Waals surface area contributed by atoms with Gasteiger partial charge in [-0.25, -0.2) is 0 Å². The van der Waals surface area contributed by atoms with Crippen LogP contribution in [0, 0.1) is 4.77 Å². The maximum absolute atomic E-state index is 12.0. The molecule has 0 aliphatic carbocycles. The second-order valence-corrected chi connectivity index (χ2v) is 6.35. The van der Waals surface area contributed by atoms with Crippen molar-refractivity contribution in [3.63, 3.8) is 0 Å². The van der Waals surface area contributed by atoms with Gasteiger partial charge in [0.25, 0.3) is 5.56 Å². The highest BCUT2D eigenvalue weighted by Gasteiger charge is 2.43. The normalized spacial score (nSPS) is 26.5. The molecule has 0 spiro atoms. The van der Waals surface area contributed by atoms with E-state index in [1.165, 1.54) is 16.3 Å². The molecule has 1 aliphatic heterocycles. The third-order valence-electron chi connectivity index (χ3n) is 3.80. The average molecular weight is 357 g/mol. The molecule has 9 heteroatoms. The lowest BCUT2D eigenvalue weighted by molar-refractivity contribution is -0.0542. The van der Waals surface area contributed by atoms with Crippen molar-refractivity contribution >= 4 is 12.2 Å². The predicted octanol–water partition coefficient (Wildman–Crippen LogP) is -0.427. The molecule has 1 aliphatic rings. The van der Waals surface area contributed by atoms with E-state index in [2.05, 4.69) is 10.3 Å². The molecule has 0 aromatic carbocycles. The number of ether oxygens (including phenoxy) is 1. The Labute approximate surface area is 144 Å². The quantitative estimate of drug-likeness (QED) is 0.266. The van der Waals surface area contributed by atoms with Crippen molar-refractivity contribution in [1.82, 2.24) is 14.9 Å². The van der Waals surface area contributed by atoms with E-state index in [-0.39, 0.29) is 10.3 Å². The van der Waals surface area contributed by atoms with Crippen LogP contribution in [-0.4, -0.2) is 56.3 Å². The number of aromatic amines is 1. The number of H-pyrrole nitrogens is 1.